The molecule has 0 heterocycles. The highest BCUT2D eigenvalue weighted by molar-refractivity contribution is 6.00. The zero-order valence-electron chi connectivity index (χ0n) is 12.0. The molecule has 0 saturated carbocycles. The van der Waals surface area contributed by atoms with Gasteiger partial charge in [0.2, 0.25) is 5.78 Å². The summed E-state index contributed by atoms with van der Waals surface area (Å²) in [5, 5.41) is 10.1. The second kappa shape index (κ2) is 5.57. The smallest absolute Gasteiger partial charge is 0.201 e. The number of aliphatic hydroxyl groups excluding tert-OH is 1. The first-order valence-corrected chi connectivity index (χ1v) is 7.21. The maximum atomic E-state index is 12.4. The first-order chi connectivity index (χ1) is 10.2. The van der Waals surface area contributed by atoms with E-state index in [1.54, 1.807) is 0 Å². The summed E-state index contributed by atoms with van der Waals surface area (Å²) in [6.07, 6.45) is 0.653. The lowest BCUT2D eigenvalue weighted by molar-refractivity contribution is -0.120. The van der Waals surface area contributed by atoms with Gasteiger partial charge in [0.25, 0.3) is 0 Å². The molecule has 21 heavy (non-hydrogen) atoms. The van der Waals surface area contributed by atoms with Crippen molar-refractivity contribution in [1.29, 1.82) is 0 Å². The van der Waals surface area contributed by atoms with Crippen LogP contribution in [0, 0.1) is 5.92 Å². The maximum Gasteiger partial charge on any atom is 0.201 e. The summed E-state index contributed by atoms with van der Waals surface area (Å²) in [6.45, 7) is 1.86. The Labute approximate surface area is 124 Å². The normalized spacial score (nSPS) is 21.9. The monoisotopic (exact) mass is 278 g/mol. The van der Waals surface area contributed by atoms with E-state index in [1.165, 1.54) is 0 Å². The quantitative estimate of drug-likeness (QED) is 0.920. The molecule has 0 fully saturated rings. The standard InChI is InChI=1S/C19H18O2/c1-13-17(15-10-6-3-7-11-15)16(19(21)18(13)20)12-14-8-4-2-5-9-14/h2-11,16-17,20H,12H2,1H3/t16-,17-/m1/s1. The van der Waals surface area contributed by atoms with E-state index in [1.807, 2.05) is 67.6 Å². The fourth-order valence-corrected chi connectivity index (χ4v) is 3.19. The second-order valence-corrected chi connectivity index (χ2v) is 5.58. The summed E-state index contributed by atoms with van der Waals surface area (Å²) in [5.41, 5.74) is 3.00. The van der Waals surface area contributed by atoms with E-state index in [9.17, 15) is 9.90 Å². The van der Waals surface area contributed by atoms with Crippen LogP contribution in [0.4, 0.5) is 0 Å². The summed E-state index contributed by atoms with van der Waals surface area (Å²) in [7, 11) is 0. The van der Waals surface area contributed by atoms with Gasteiger partial charge in [-0.2, -0.15) is 0 Å². The van der Waals surface area contributed by atoms with Gasteiger partial charge >= 0.3 is 0 Å². The fourth-order valence-electron chi connectivity index (χ4n) is 3.19. The molecule has 2 nitrogen and oxygen atoms in total. The lowest BCUT2D eigenvalue weighted by Crippen LogP contribution is -2.19. The molecule has 106 valence electrons. The third kappa shape index (κ3) is 2.49. The van der Waals surface area contributed by atoms with Crippen molar-refractivity contribution < 1.29 is 9.90 Å². The average molecular weight is 278 g/mol. The molecule has 1 N–H and O–H groups in total. The van der Waals surface area contributed by atoms with Crippen molar-refractivity contribution in [2.24, 2.45) is 5.92 Å². The Bertz CT molecular complexity index is 671. The highest BCUT2D eigenvalue weighted by Crippen LogP contribution is 2.42. The van der Waals surface area contributed by atoms with Crippen LogP contribution in [0.1, 0.15) is 24.0 Å². The van der Waals surface area contributed by atoms with Gasteiger partial charge in [-0.05, 0) is 30.0 Å². The number of hydrogen-bond donors (Lipinski definition) is 1. The molecule has 0 saturated heterocycles. The Balaban J connectivity index is 1.96. The zero-order chi connectivity index (χ0) is 14.8. The minimum atomic E-state index is -0.213. The molecule has 1 aliphatic rings. The Morgan fingerprint density at radius 1 is 0.952 bits per heavy atom. The van der Waals surface area contributed by atoms with Gasteiger partial charge in [-0.1, -0.05) is 60.7 Å². The molecule has 3 rings (SSSR count). The maximum absolute atomic E-state index is 12.4. The number of rotatable bonds is 3. The van der Waals surface area contributed by atoms with Crippen molar-refractivity contribution in [3.8, 4) is 0 Å². The molecule has 2 aromatic rings. The number of aliphatic hydroxyl groups is 1. The van der Waals surface area contributed by atoms with E-state index in [2.05, 4.69) is 0 Å². The van der Waals surface area contributed by atoms with Crippen LogP contribution >= 0.6 is 0 Å². The van der Waals surface area contributed by atoms with Crippen LogP contribution in [-0.4, -0.2) is 10.9 Å². The third-order valence-electron chi connectivity index (χ3n) is 4.27. The number of ketones is 1. The van der Waals surface area contributed by atoms with E-state index in [-0.39, 0.29) is 23.4 Å². The molecule has 0 bridgehead atoms. The van der Waals surface area contributed by atoms with E-state index >= 15 is 0 Å². The van der Waals surface area contributed by atoms with Crippen molar-refractivity contribution in [2.45, 2.75) is 19.3 Å². The second-order valence-electron chi connectivity index (χ2n) is 5.58. The third-order valence-corrected chi connectivity index (χ3v) is 4.27. The molecule has 0 unspecified atom stereocenters. The molecule has 0 spiro atoms. The van der Waals surface area contributed by atoms with Crippen LogP contribution in [0.25, 0.3) is 0 Å². The van der Waals surface area contributed by atoms with Gasteiger partial charge in [0.05, 0.1) is 0 Å². The molecule has 2 atom stereocenters. The zero-order valence-corrected chi connectivity index (χ0v) is 12.0. The van der Waals surface area contributed by atoms with Crippen molar-refractivity contribution >= 4 is 5.78 Å². The Morgan fingerprint density at radius 3 is 2.14 bits per heavy atom. The number of Topliss-reactive ketones (excluding diaryl/α,β-unsaturated/α-hetero) is 1. The van der Waals surface area contributed by atoms with Crippen LogP contribution in [0.5, 0.6) is 0 Å². The van der Waals surface area contributed by atoms with Crippen molar-refractivity contribution in [3.63, 3.8) is 0 Å². The molecule has 2 aromatic carbocycles. The molecule has 0 radical (unpaired) electrons. The topological polar surface area (TPSA) is 37.3 Å². The lowest BCUT2D eigenvalue weighted by Gasteiger charge is -2.20. The van der Waals surface area contributed by atoms with Gasteiger partial charge in [-0.25, -0.2) is 0 Å². The number of allylic oxidation sites excluding steroid dienone is 2. The molecular formula is C19H18O2. The van der Waals surface area contributed by atoms with E-state index in [4.69, 9.17) is 0 Å². The molecule has 0 aromatic heterocycles. The summed E-state index contributed by atoms with van der Waals surface area (Å²) in [6, 6.07) is 19.9. The predicted octanol–water partition coefficient (Wildman–Crippen LogP) is 4.04. The average Bonchev–Trinajstić information content (AvgIpc) is 2.74. The van der Waals surface area contributed by atoms with Crippen LogP contribution in [0.3, 0.4) is 0 Å². The van der Waals surface area contributed by atoms with Crippen LogP contribution < -0.4 is 0 Å². The van der Waals surface area contributed by atoms with Gasteiger partial charge in [0, 0.05) is 11.8 Å². The largest absolute Gasteiger partial charge is 0.504 e. The number of carbonyl (C=O) groups excluding carboxylic acids is 1. The highest BCUT2D eigenvalue weighted by Gasteiger charge is 2.40. The fraction of sp³-hybridized carbons (Fsp3) is 0.211. The molecule has 0 aliphatic heterocycles. The van der Waals surface area contributed by atoms with E-state index < -0.39 is 0 Å². The van der Waals surface area contributed by atoms with Gasteiger partial charge in [-0.3, -0.25) is 4.79 Å². The van der Waals surface area contributed by atoms with Crippen molar-refractivity contribution in [2.75, 3.05) is 0 Å². The minimum Gasteiger partial charge on any atom is -0.504 e. The van der Waals surface area contributed by atoms with Gasteiger partial charge in [-0.15, -0.1) is 0 Å². The number of carbonyl (C=O) groups is 1. The number of benzene rings is 2. The van der Waals surface area contributed by atoms with Crippen LogP contribution in [0.15, 0.2) is 72.0 Å². The molecule has 0 amide bonds. The molecule has 2 heteroatoms. The summed E-state index contributed by atoms with van der Waals surface area (Å²) in [4.78, 5) is 12.4. The van der Waals surface area contributed by atoms with Crippen molar-refractivity contribution in [3.05, 3.63) is 83.1 Å². The van der Waals surface area contributed by atoms with Crippen molar-refractivity contribution in [1.82, 2.24) is 0 Å². The van der Waals surface area contributed by atoms with Crippen LogP contribution in [-0.2, 0) is 11.2 Å². The molecular weight excluding hydrogens is 260 g/mol. The lowest BCUT2D eigenvalue weighted by atomic mass is 9.81. The van der Waals surface area contributed by atoms with Crippen LogP contribution in [0.2, 0.25) is 0 Å². The Morgan fingerprint density at radius 2 is 1.52 bits per heavy atom. The van der Waals surface area contributed by atoms with Gasteiger partial charge in [0.1, 0.15) is 0 Å². The SMILES string of the molecule is CC1=C(O)C(=O)[C@H](Cc2ccccc2)[C@H]1c1ccccc1. The van der Waals surface area contributed by atoms with E-state index in [0.29, 0.717) is 6.42 Å². The van der Waals surface area contributed by atoms with Gasteiger partial charge < -0.3 is 5.11 Å². The highest BCUT2D eigenvalue weighted by atomic mass is 16.3. The molecule has 1 aliphatic carbocycles. The summed E-state index contributed by atoms with van der Waals surface area (Å²) < 4.78 is 0. The van der Waals surface area contributed by atoms with E-state index in [0.717, 1.165) is 16.7 Å². The number of hydrogen-bond acceptors (Lipinski definition) is 2. The summed E-state index contributed by atoms with van der Waals surface area (Å²) >= 11 is 0. The first-order valence-electron chi connectivity index (χ1n) is 7.21. The van der Waals surface area contributed by atoms with Gasteiger partial charge in [0.15, 0.2) is 5.76 Å². The predicted molar refractivity (Wildman–Crippen MR) is 83.2 cm³/mol. The Hall–Kier alpha value is -2.35. The first kappa shape index (κ1) is 13.6. The minimum absolute atomic E-state index is 0.0288. The summed E-state index contributed by atoms with van der Waals surface area (Å²) in [5.74, 6) is -0.427. The Kier molecular flexibility index (Phi) is 3.61.